The van der Waals surface area contributed by atoms with Gasteiger partial charge in [-0.15, -0.1) is 11.3 Å². The van der Waals surface area contributed by atoms with Gasteiger partial charge in [-0.05, 0) is 37.6 Å². The summed E-state index contributed by atoms with van der Waals surface area (Å²) in [7, 11) is 2.03. The number of nitrogens with zero attached hydrogens (tertiary/aromatic N) is 6. The van der Waals surface area contributed by atoms with Crippen LogP contribution in [-0.4, -0.2) is 50.4 Å². The van der Waals surface area contributed by atoms with Gasteiger partial charge in [-0.3, -0.25) is 29.0 Å². The van der Waals surface area contributed by atoms with Gasteiger partial charge in [0.2, 0.25) is 5.43 Å². The molecule has 176 valence electrons. The van der Waals surface area contributed by atoms with Crippen molar-refractivity contribution in [3.8, 4) is 0 Å². The van der Waals surface area contributed by atoms with Gasteiger partial charge in [0, 0.05) is 26.3 Å². The zero-order valence-corrected chi connectivity index (χ0v) is 20.2. The molecule has 5 heterocycles. The average molecular weight is 486 g/mol. The van der Waals surface area contributed by atoms with Gasteiger partial charge in [-0.2, -0.15) is 0 Å². The minimum Gasteiger partial charge on any atom is -0.346 e. The number of carbonyl (C=O) groups excluding carboxylic acids is 1. The Labute approximate surface area is 204 Å². The Morgan fingerprint density at radius 3 is 2.74 bits per heavy atom. The van der Waals surface area contributed by atoms with E-state index < -0.39 is 5.91 Å². The number of fused-ring (bicyclic) bond motifs is 5. The summed E-state index contributed by atoms with van der Waals surface area (Å²) in [6, 6.07) is 11.5. The van der Waals surface area contributed by atoms with Crippen LogP contribution in [0.25, 0.3) is 26.1 Å². The Hall–Kier alpha value is -3.89. The van der Waals surface area contributed by atoms with Crippen LogP contribution in [0.4, 0.5) is 5.82 Å². The number of benzene rings is 1. The highest BCUT2D eigenvalue weighted by atomic mass is 32.1. The normalized spacial score (nSPS) is 14.4. The number of carbonyl (C=O) groups is 1. The molecule has 1 aromatic carbocycles. The van der Waals surface area contributed by atoms with Gasteiger partial charge in [0.15, 0.2) is 5.65 Å². The van der Waals surface area contributed by atoms with E-state index in [4.69, 9.17) is 4.98 Å². The Morgan fingerprint density at radius 2 is 1.97 bits per heavy atom. The maximum Gasteiger partial charge on any atom is 0.258 e. The van der Waals surface area contributed by atoms with Gasteiger partial charge in [0.1, 0.15) is 16.2 Å². The molecule has 0 radical (unpaired) electrons. The van der Waals surface area contributed by atoms with Gasteiger partial charge in [-0.25, -0.2) is 9.99 Å². The van der Waals surface area contributed by atoms with Crippen LogP contribution < -0.4 is 15.8 Å². The fraction of sp³-hybridized carbons (Fsp3) is 0.240. The molecular weight excluding hydrogens is 462 g/mol. The molecular formula is C25H23N7O2S. The Morgan fingerprint density at radius 1 is 1.11 bits per heavy atom. The molecule has 0 spiro atoms. The third-order valence-electron chi connectivity index (χ3n) is 6.29. The van der Waals surface area contributed by atoms with E-state index in [1.165, 1.54) is 11.3 Å². The molecule has 4 aromatic heterocycles. The van der Waals surface area contributed by atoms with Crippen molar-refractivity contribution in [3.05, 3.63) is 76.0 Å². The smallest absolute Gasteiger partial charge is 0.258 e. The average Bonchev–Trinajstić information content (AvgIpc) is 3.47. The molecule has 0 atom stereocenters. The highest BCUT2D eigenvalue weighted by molar-refractivity contribution is 7.24. The number of rotatable bonds is 4. The standard InChI is InChI=1S/C25H23N7O2S/c1-15-12-27-16(13-26-15)14-28-24(34)21-22(33)17-8-9-20(31-11-5-10-30(31)2)29-23(17)32-18-6-3-4-7-19(18)35-25(21)32/h3-4,6-9,12-13H,5,10-11,14H2,1-2H3,(H,28,34). The number of aryl methyl sites for hydroxylation is 1. The first-order valence-electron chi connectivity index (χ1n) is 11.4. The molecule has 9 nitrogen and oxygen atoms in total. The number of hydrogen-bond acceptors (Lipinski definition) is 8. The second kappa shape index (κ2) is 8.40. The molecule has 35 heavy (non-hydrogen) atoms. The Bertz CT molecular complexity index is 1660. The molecule has 10 heteroatoms. The van der Waals surface area contributed by atoms with Crippen molar-refractivity contribution in [3.63, 3.8) is 0 Å². The van der Waals surface area contributed by atoms with E-state index >= 15 is 0 Å². The van der Waals surface area contributed by atoms with E-state index in [0.29, 0.717) is 21.6 Å². The number of hydrazine groups is 1. The van der Waals surface area contributed by atoms with E-state index in [2.05, 4.69) is 25.3 Å². The van der Waals surface area contributed by atoms with Crippen molar-refractivity contribution in [1.82, 2.24) is 29.7 Å². The molecule has 0 bridgehead atoms. The number of amides is 1. The zero-order chi connectivity index (χ0) is 24.1. The second-order valence-electron chi connectivity index (χ2n) is 8.64. The Kier molecular flexibility index (Phi) is 5.19. The summed E-state index contributed by atoms with van der Waals surface area (Å²) < 4.78 is 2.92. The molecule has 1 aliphatic rings. The number of pyridine rings is 2. The van der Waals surface area contributed by atoms with Crippen molar-refractivity contribution in [2.24, 2.45) is 0 Å². The third-order valence-corrected chi connectivity index (χ3v) is 7.44. The van der Waals surface area contributed by atoms with E-state index in [-0.39, 0.29) is 17.5 Å². The SMILES string of the molecule is Cc1cnc(CNC(=O)c2c(=O)c3ccc(N4CCCN4C)nc3n3c2sc2ccccc23)cn1. The first-order valence-corrected chi connectivity index (χ1v) is 12.2. The van der Waals surface area contributed by atoms with Crippen LogP contribution in [0.15, 0.2) is 53.6 Å². The fourth-order valence-corrected chi connectivity index (χ4v) is 5.70. The van der Waals surface area contributed by atoms with Crippen LogP contribution in [0.1, 0.15) is 28.2 Å². The number of hydrogen-bond donors (Lipinski definition) is 1. The summed E-state index contributed by atoms with van der Waals surface area (Å²) in [6.45, 7) is 3.87. The number of anilines is 1. The molecule has 0 saturated carbocycles. The lowest BCUT2D eigenvalue weighted by molar-refractivity contribution is 0.0951. The predicted molar refractivity (Wildman–Crippen MR) is 137 cm³/mol. The van der Waals surface area contributed by atoms with Crippen LogP contribution in [0, 0.1) is 6.92 Å². The van der Waals surface area contributed by atoms with Crippen LogP contribution in [-0.2, 0) is 6.54 Å². The molecule has 0 aliphatic carbocycles. The first kappa shape index (κ1) is 21.6. The fourth-order valence-electron chi connectivity index (χ4n) is 4.52. The van der Waals surface area contributed by atoms with E-state index in [9.17, 15) is 9.59 Å². The maximum atomic E-state index is 13.7. The molecule has 1 amide bonds. The van der Waals surface area contributed by atoms with Crippen LogP contribution in [0.3, 0.4) is 0 Å². The lowest BCUT2D eigenvalue weighted by Gasteiger charge is -2.25. The molecule has 0 unspecified atom stereocenters. The summed E-state index contributed by atoms with van der Waals surface area (Å²) in [5, 5.41) is 7.52. The van der Waals surface area contributed by atoms with Crippen molar-refractivity contribution in [2.45, 2.75) is 19.9 Å². The van der Waals surface area contributed by atoms with Gasteiger partial charge in [-0.1, -0.05) is 12.1 Å². The van der Waals surface area contributed by atoms with E-state index in [0.717, 1.165) is 41.2 Å². The molecule has 5 aromatic rings. The molecule has 1 fully saturated rings. The highest BCUT2D eigenvalue weighted by Crippen LogP contribution is 2.31. The van der Waals surface area contributed by atoms with E-state index in [1.807, 2.05) is 48.7 Å². The highest BCUT2D eigenvalue weighted by Gasteiger charge is 2.25. The van der Waals surface area contributed by atoms with Gasteiger partial charge in [0.05, 0.1) is 39.7 Å². The molecule has 6 rings (SSSR count). The number of aromatic nitrogens is 4. The maximum absolute atomic E-state index is 13.7. The topological polar surface area (TPSA) is 95.7 Å². The quantitative estimate of drug-likeness (QED) is 0.418. The second-order valence-corrected chi connectivity index (χ2v) is 9.68. The predicted octanol–water partition coefficient (Wildman–Crippen LogP) is 3.15. The zero-order valence-electron chi connectivity index (χ0n) is 19.4. The lowest BCUT2D eigenvalue weighted by atomic mass is 10.1. The molecule has 1 aliphatic heterocycles. The minimum absolute atomic E-state index is 0.117. The van der Waals surface area contributed by atoms with Crippen LogP contribution in [0.5, 0.6) is 0 Å². The number of para-hydroxylation sites is 1. The molecule has 1 saturated heterocycles. The van der Waals surface area contributed by atoms with Gasteiger partial charge < -0.3 is 5.32 Å². The van der Waals surface area contributed by atoms with Gasteiger partial charge in [0.25, 0.3) is 5.91 Å². The lowest BCUT2D eigenvalue weighted by Crippen LogP contribution is -2.34. The summed E-state index contributed by atoms with van der Waals surface area (Å²) in [5.41, 5.74) is 2.68. The summed E-state index contributed by atoms with van der Waals surface area (Å²) in [4.78, 5) is 41.0. The van der Waals surface area contributed by atoms with Crippen molar-refractivity contribution in [1.29, 1.82) is 0 Å². The number of nitrogens with one attached hydrogen (secondary N) is 1. The van der Waals surface area contributed by atoms with E-state index in [1.54, 1.807) is 18.5 Å². The number of thiazole rings is 1. The van der Waals surface area contributed by atoms with Crippen LogP contribution in [0.2, 0.25) is 0 Å². The summed E-state index contributed by atoms with van der Waals surface area (Å²) in [6.07, 6.45) is 4.33. The third kappa shape index (κ3) is 3.62. The monoisotopic (exact) mass is 485 g/mol. The van der Waals surface area contributed by atoms with Crippen molar-refractivity contribution >= 4 is 49.1 Å². The molecule has 1 N–H and O–H groups in total. The summed E-state index contributed by atoms with van der Waals surface area (Å²) in [5.74, 6) is 0.350. The largest absolute Gasteiger partial charge is 0.346 e. The van der Waals surface area contributed by atoms with Gasteiger partial charge >= 0.3 is 0 Å². The summed E-state index contributed by atoms with van der Waals surface area (Å²) >= 11 is 1.42. The Balaban J connectivity index is 1.53. The first-order chi connectivity index (χ1) is 17.0. The minimum atomic E-state index is -0.438. The van der Waals surface area contributed by atoms with Crippen molar-refractivity contribution in [2.75, 3.05) is 25.1 Å². The van der Waals surface area contributed by atoms with Crippen molar-refractivity contribution < 1.29 is 4.79 Å². The van der Waals surface area contributed by atoms with Crippen LogP contribution >= 0.6 is 11.3 Å².